The van der Waals surface area contributed by atoms with Crippen LogP contribution in [0.3, 0.4) is 0 Å². The Hall–Kier alpha value is -0.530. The minimum absolute atomic E-state index is 0.205. The third kappa shape index (κ3) is 5.47. The second-order valence-corrected chi connectivity index (χ2v) is 1.48. The lowest BCUT2D eigenvalue weighted by Gasteiger charge is -1.82. The molecule has 0 saturated carbocycles. The minimum atomic E-state index is -0.943. The molecule has 1 radical (unpaired) electrons. The smallest absolute Gasteiger partial charge is 0.247 e. The molecular formula is C5H9O2. The summed E-state index contributed by atoms with van der Waals surface area (Å²) in [6.45, 7) is 1.95. The fraction of sp³-hybridized carbons (Fsp3) is 0.800. The first-order chi connectivity index (χ1) is 3.27. The molecule has 0 bridgehead atoms. The highest BCUT2D eigenvalue weighted by atomic mass is 16.4. The summed E-state index contributed by atoms with van der Waals surface area (Å²) in [5.41, 5.74) is 0. The van der Waals surface area contributed by atoms with Crippen molar-refractivity contribution in [2.24, 2.45) is 0 Å². The molecule has 41 valence electrons. The molecule has 2 heteroatoms. The van der Waals surface area contributed by atoms with E-state index in [4.69, 9.17) is 0 Å². The van der Waals surface area contributed by atoms with Gasteiger partial charge in [0.2, 0.25) is 0 Å². The Bertz CT molecular complexity index is 59.1. The third-order valence-electron chi connectivity index (χ3n) is 0.734. The monoisotopic (exact) mass is 101 g/mol. The summed E-state index contributed by atoms with van der Waals surface area (Å²) in [7, 11) is 0. The van der Waals surface area contributed by atoms with Crippen LogP contribution in [0, 0.1) is 0 Å². The second-order valence-electron chi connectivity index (χ2n) is 1.48. The maximum atomic E-state index is 9.65. The van der Waals surface area contributed by atoms with Crippen LogP contribution in [0.1, 0.15) is 26.2 Å². The zero-order valence-electron chi connectivity index (χ0n) is 4.44. The molecule has 0 spiro atoms. The summed E-state index contributed by atoms with van der Waals surface area (Å²) in [4.78, 5) is 9.65. The zero-order valence-corrected chi connectivity index (χ0v) is 4.44. The van der Waals surface area contributed by atoms with Gasteiger partial charge in [0.15, 0.2) is 0 Å². The highest BCUT2D eigenvalue weighted by Crippen LogP contribution is 1.91. The predicted octanol–water partition coefficient (Wildman–Crippen LogP) is 1.13. The van der Waals surface area contributed by atoms with Crippen LogP contribution in [-0.4, -0.2) is 5.97 Å². The van der Waals surface area contributed by atoms with E-state index in [2.05, 4.69) is 0 Å². The Kier molecular flexibility index (Phi) is 3.38. The molecule has 0 aromatic heterocycles. The fourth-order valence-corrected chi connectivity index (χ4v) is 0.321. The molecule has 0 aliphatic carbocycles. The van der Waals surface area contributed by atoms with E-state index in [-0.39, 0.29) is 6.42 Å². The Morgan fingerprint density at radius 3 is 2.29 bits per heavy atom. The molecule has 7 heavy (non-hydrogen) atoms. The first-order valence-corrected chi connectivity index (χ1v) is 2.47. The molecule has 0 fully saturated rings. The van der Waals surface area contributed by atoms with Crippen LogP contribution in [0.5, 0.6) is 0 Å². The summed E-state index contributed by atoms with van der Waals surface area (Å²) in [5.74, 6) is -0.943. The van der Waals surface area contributed by atoms with Gasteiger partial charge in [0.25, 0.3) is 0 Å². The highest BCUT2D eigenvalue weighted by Gasteiger charge is 1.94. The number of carbonyl (C=O) groups is 1. The summed E-state index contributed by atoms with van der Waals surface area (Å²) in [6.07, 6.45) is 1.87. The predicted molar refractivity (Wildman–Crippen MR) is 25.2 cm³/mol. The molecule has 0 aromatic rings. The molecule has 0 aliphatic heterocycles. The molecule has 0 heterocycles. The van der Waals surface area contributed by atoms with Crippen molar-refractivity contribution in [3.8, 4) is 0 Å². The Labute approximate surface area is 43.2 Å². The molecule has 0 atom stereocenters. The van der Waals surface area contributed by atoms with E-state index in [0.717, 1.165) is 12.8 Å². The van der Waals surface area contributed by atoms with Gasteiger partial charge in [-0.2, -0.15) is 0 Å². The largest absolute Gasteiger partial charge is 0.355 e. The van der Waals surface area contributed by atoms with Crippen molar-refractivity contribution in [1.29, 1.82) is 0 Å². The zero-order chi connectivity index (χ0) is 5.70. The van der Waals surface area contributed by atoms with E-state index < -0.39 is 5.97 Å². The number of carbonyl (C=O) groups excluding carboxylic acids is 1. The Balaban J connectivity index is 2.82. The number of hydrogen-bond acceptors (Lipinski definition) is 1. The molecule has 0 N–H and O–H groups in total. The van der Waals surface area contributed by atoms with Gasteiger partial charge in [0.05, 0.1) is 6.42 Å². The van der Waals surface area contributed by atoms with Gasteiger partial charge in [0.1, 0.15) is 0 Å². The summed E-state index contributed by atoms with van der Waals surface area (Å²) < 4.78 is 0. The summed E-state index contributed by atoms with van der Waals surface area (Å²) >= 11 is 0. The van der Waals surface area contributed by atoms with Crippen molar-refractivity contribution in [2.45, 2.75) is 26.2 Å². The maximum absolute atomic E-state index is 9.65. The van der Waals surface area contributed by atoms with Crippen molar-refractivity contribution >= 4 is 5.97 Å². The van der Waals surface area contributed by atoms with E-state index in [1.807, 2.05) is 6.92 Å². The van der Waals surface area contributed by atoms with Gasteiger partial charge >= 0.3 is 5.97 Å². The van der Waals surface area contributed by atoms with Gasteiger partial charge in [-0.25, -0.2) is 9.90 Å². The first kappa shape index (κ1) is 6.47. The lowest BCUT2D eigenvalue weighted by atomic mass is 10.3. The van der Waals surface area contributed by atoms with Crippen molar-refractivity contribution in [3.63, 3.8) is 0 Å². The van der Waals surface area contributed by atoms with Crippen molar-refractivity contribution in [1.82, 2.24) is 0 Å². The molecule has 0 amide bonds. The fourth-order valence-electron chi connectivity index (χ4n) is 0.321. The van der Waals surface area contributed by atoms with E-state index in [1.165, 1.54) is 0 Å². The highest BCUT2D eigenvalue weighted by molar-refractivity contribution is 5.66. The van der Waals surface area contributed by atoms with Gasteiger partial charge < -0.3 is 0 Å². The van der Waals surface area contributed by atoms with Crippen LogP contribution >= 0.6 is 0 Å². The second kappa shape index (κ2) is 3.65. The standard InChI is InChI=1S/C5H9O2/c1-2-3-4-5(6)7/h2-4H2,1H3. The van der Waals surface area contributed by atoms with E-state index in [0.29, 0.717) is 0 Å². The number of unbranched alkanes of at least 4 members (excludes halogenated alkanes) is 1. The van der Waals surface area contributed by atoms with Crippen LogP contribution < -0.4 is 0 Å². The van der Waals surface area contributed by atoms with E-state index >= 15 is 0 Å². The van der Waals surface area contributed by atoms with E-state index in [1.54, 1.807) is 0 Å². The summed E-state index contributed by atoms with van der Waals surface area (Å²) in [5, 5.41) is 9.65. The SMILES string of the molecule is CCCCC([O])=O. The lowest BCUT2D eigenvalue weighted by Crippen LogP contribution is -1.89. The number of rotatable bonds is 3. The van der Waals surface area contributed by atoms with Crippen LogP contribution in [0.4, 0.5) is 0 Å². The van der Waals surface area contributed by atoms with Gasteiger partial charge in [-0.3, -0.25) is 0 Å². The molecular weight excluding hydrogens is 92.1 g/mol. The molecule has 0 saturated heterocycles. The first-order valence-electron chi connectivity index (χ1n) is 2.47. The molecule has 0 aliphatic rings. The summed E-state index contributed by atoms with van der Waals surface area (Å²) in [6, 6.07) is 0. The average molecular weight is 101 g/mol. The Morgan fingerprint density at radius 1 is 1.57 bits per heavy atom. The van der Waals surface area contributed by atoms with Crippen LogP contribution in [0.2, 0.25) is 0 Å². The lowest BCUT2D eigenvalue weighted by molar-refractivity contribution is -0.143. The molecule has 0 unspecified atom stereocenters. The van der Waals surface area contributed by atoms with Gasteiger partial charge in [-0.05, 0) is 6.42 Å². The Morgan fingerprint density at radius 2 is 2.14 bits per heavy atom. The normalized spacial score (nSPS) is 8.71. The van der Waals surface area contributed by atoms with Gasteiger partial charge in [-0.1, -0.05) is 13.3 Å². The third-order valence-corrected chi connectivity index (χ3v) is 0.734. The molecule has 2 nitrogen and oxygen atoms in total. The quantitative estimate of drug-likeness (QED) is 0.525. The van der Waals surface area contributed by atoms with Crippen molar-refractivity contribution in [2.75, 3.05) is 0 Å². The maximum Gasteiger partial charge on any atom is 0.355 e. The van der Waals surface area contributed by atoms with Crippen molar-refractivity contribution < 1.29 is 9.90 Å². The molecule has 0 aromatic carbocycles. The minimum Gasteiger partial charge on any atom is -0.247 e. The average Bonchev–Trinajstić information content (AvgIpc) is 1.61. The van der Waals surface area contributed by atoms with Gasteiger partial charge in [0, 0.05) is 0 Å². The topological polar surface area (TPSA) is 37.0 Å². The van der Waals surface area contributed by atoms with Gasteiger partial charge in [-0.15, -0.1) is 0 Å². The molecule has 0 rings (SSSR count). The van der Waals surface area contributed by atoms with Crippen molar-refractivity contribution in [3.05, 3.63) is 0 Å². The van der Waals surface area contributed by atoms with E-state index in [9.17, 15) is 9.90 Å². The van der Waals surface area contributed by atoms with Crippen LogP contribution in [0.15, 0.2) is 0 Å². The van der Waals surface area contributed by atoms with Crippen LogP contribution in [-0.2, 0) is 9.90 Å². The number of hydrogen-bond donors (Lipinski definition) is 0. The van der Waals surface area contributed by atoms with Crippen LogP contribution in [0.25, 0.3) is 0 Å².